The highest BCUT2D eigenvalue weighted by molar-refractivity contribution is 5.98. The Kier molecular flexibility index (Phi) is 6.41. The predicted molar refractivity (Wildman–Crippen MR) is 136 cm³/mol. The smallest absolute Gasteiger partial charge is 0.239 e. The molecule has 0 atom stereocenters. The zero-order chi connectivity index (χ0) is 26.3. The number of Topliss-reactive ketones (excluding diaryl/α,β-unsaturated/α-hetero) is 1. The van der Waals surface area contributed by atoms with Gasteiger partial charge in [0.15, 0.2) is 23.1 Å². The maximum Gasteiger partial charge on any atom is 0.239 e. The summed E-state index contributed by atoms with van der Waals surface area (Å²) in [7, 11) is 0. The number of nitrogens with zero attached hydrogens (tertiary/aromatic N) is 3. The van der Waals surface area contributed by atoms with Crippen molar-refractivity contribution in [2.45, 2.75) is 45.6 Å². The molecule has 0 unspecified atom stereocenters. The van der Waals surface area contributed by atoms with Gasteiger partial charge in [-0.05, 0) is 63.3 Å². The van der Waals surface area contributed by atoms with Crippen molar-refractivity contribution in [3.63, 3.8) is 0 Å². The number of ether oxygens (including phenoxy) is 1. The predicted octanol–water partition coefficient (Wildman–Crippen LogP) is 5.94. The van der Waals surface area contributed by atoms with E-state index in [1.165, 1.54) is 6.07 Å². The Morgan fingerprint density at radius 1 is 1.16 bits per heavy atom. The molecule has 0 spiro atoms. The van der Waals surface area contributed by atoms with Crippen LogP contribution in [0, 0.1) is 24.5 Å². The Bertz CT molecular complexity index is 1490. The van der Waals surface area contributed by atoms with Crippen LogP contribution in [0.4, 0.5) is 14.5 Å². The van der Waals surface area contributed by atoms with Crippen LogP contribution in [0.15, 0.2) is 48.7 Å². The van der Waals surface area contributed by atoms with Crippen molar-refractivity contribution in [2.24, 2.45) is 5.92 Å². The van der Waals surface area contributed by atoms with Crippen LogP contribution in [0.5, 0.6) is 11.6 Å². The first-order valence-electron chi connectivity index (χ1n) is 12.2. The van der Waals surface area contributed by atoms with Gasteiger partial charge in [-0.15, -0.1) is 5.10 Å². The second-order valence-corrected chi connectivity index (χ2v) is 10.2. The van der Waals surface area contributed by atoms with Gasteiger partial charge in [0.2, 0.25) is 5.88 Å². The Morgan fingerprint density at radius 3 is 2.62 bits per heavy atom. The number of halogens is 2. The second-order valence-electron chi connectivity index (χ2n) is 10.2. The third-order valence-electron chi connectivity index (χ3n) is 6.26. The lowest BCUT2D eigenvalue weighted by atomic mass is 9.98. The van der Waals surface area contributed by atoms with Gasteiger partial charge in [-0.1, -0.05) is 12.1 Å². The van der Waals surface area contributed by atoms with Gasteiger partial charge in [0.25, 0.3) is 0 Å². The number of aliphatic hydroxyl groups is 1. The Hall–Kier alpha value is -3.85. The van der Waals surface area contributed by atoms with E-state index in [4.69, 9.17) is 4.74 Å². The molecule has 0 radical (unpaired) electrons. The van der Waals surface area contributed by atoms with Gasteiger partial charge in [-0.25, -0.2) is 18.3 Å². The summed E-state index contributed by atoms with van der Waals surface area (Å²) in [6.45, 7) is 5.47. The minimum atomic E-state index is -1.03. The van der Waals surface area contributed by atoms with E-state index in [0.29, 0.717) is 34.9 Å². The van der Waals surface area contributed by atoms with Gasteiger partial charge in [-0.3, -0.25) is 4.79 Å². The summed E-state index contributed by atoms with van der Waals surface area (Å²) >= 11 is 0. The number of aromatic nitrogens is 3. The first-order valence-corrected chi connectivity index (χ1v) is 12.2. The first-order chi connectivity index (χ1) is 17.6. The summed E-state index contributed by atoms with van der Waals surface area (Å²) in [5.41, 5.74) is 3.06. The number of carbonyl (C=O) groups is 1. The number of rotatable bonds is 9. The maximum absolute atomic E-state index is 13.7. The third kappa shape index (κ3) is 5.61. The molecule has 5 rings (SSSR count). The summed E-state index contributed by atoms with van der Waals surface area (Å²) in [6, 6.07) is 10.5. The molecular weight excluding hydrogens is 478 g/mol. The van der Waals surface area contributed by atoms with E-state index in [1.54, 1.807) is 30.6 Å². The average molecular weight is 507 g/mol. The number of ketones is 1. The minimum Gasteiger partial charge on any atom is -0.437 e. The number of anilines is 1. The molecule has 2 N–H and O–H groups in total. The number of carbonyl (C=O) groups excluding carboxylic acids is 1. The van der Waals surface area contributed by atoms with E-state index in [0.717, 1.165) is 36.1 Å². The zero-order valence-electron chi connectivity index (χ0n) is 20.9. The molecule has 9 heteroatoms. The quantitative estimate of drug-likeness (QED) is 0.273. The van der Waals surface area contributed by atoms with Crippen molar-refractivity contribution < 1.29 is 23.4 Å². The Labute approximate surface area is 213 Å². The van der Waals surface area contributed by atoms with E-state index in [1.807, 2.05) is 25.1 Å². The van der Waals surface area contributed by atoms with Crippen molar-refractivity contribution in [1.82, 2.24) is 14.6 Å². The summed E-state index contributed by atoms with van der Waals surface area (Å²) in [5, 5.41) is 17.9. The van der Waals surface area contributed by atoms with E-state index in [-0.39, 0.29) is 24.0 Å². The molecule has 1 aliphatic rings. The number of aryl methyl sites for hydroxylation is 1. The van der Waals surface area contributed by atoms with Crippen LogP contribution in [-0.2, 0) is 0 Å². The van der Waals surface area contributed by atoms with Crippen LogP contribution < -0.4 is 10.1 Å². The normalized spacial score (nSPS) is 13.7. The zero-order valence-corrected chi connectivity index (χ0v) is 20.9. The van der Waals surface area contributed by atoms with Crippen LogP contribution >= 0.6 is 0 Å². The molecule has 4 aromatic rings. The molecule has 1 aliphatic carbocycles. The summed E-state index contributed by atoms with van der Waals surface area (Å²) < 4.78 is 34.5. The Balaban J connectivity index is 1.54. The van der Waals surface area contributed by atoms with E-state index in [2.05, 4.69) is 15.4 Å². The van der Waals surface area contributed by atoms with Crippen molar-refractivity contribution in [1.29, 1.82) is 0 Å². The fraction of sp³-hybridized carbons (Fsp3) is 0.321. The Morgan fingerprint density at radius 2 is 1.95 bits per heavy atom. The molecule has 37 heavy (non-hydrogen) atoms. The van der Waals surface area contributed by atoms with Gasteiger partial charge in [0.1, 0.15) is 5.75 Å². The molecule has 0 bridgehead atoms. The van der Waals surface area contributed by atoms with Crippen LogP contribution in [-0.4, -0.2) is 37.6 Å². The molecule has 192 valence electrons. The van der Waals surface area contributed by atoms with Crippen molar-refractivity contribution >= 4 is 17.1 Å². The van der Waals surface area contributed by atoms with Gasteiger partial charge in [0, 0.05) is 36.2 Å². The molecule has 0 amide bonds. The number of benzene rings is 2. The lowest BCUT2D eigenvalue weighted by molar-refractivity contribution is 0.0943. The van der Waals surface area contributed by atoms with E-state index >= 15 is 0 Å². The molecule has 0 aliphatic heterocycles. The van der Waals surface area contributed by atoms with Gasteiger partial charge >= 0.3 is 0 Å². The topological polar surface area (TPSA) is 88.8 Å². The SMILES string of the molecule is Cc1cc(-c2cnc3c(NCC(C)(C)O)cc(Oc4ccc(F)c(F)c4)nn23)ccc1C(=O)CC1CC1. The third-order valence-corrected chi connectivity index (χ3v) is 6.26. The van der Waals surface area contributed by atoms with Crippen LogP contribution in [0.3, 0.4) is 0 Å². The molecule has 7 nitrogen and oxygen atoms in total. The number of nitrogens with one attached hydrogen (secondary N) is 1. The molecule has 0 saturated heterocycles. The standard InChI is InChI=1S/C28H28F2N4O3/c1-16-10-18(6-8-20(16)25(35)11-17-4-5-17)24-14-31-27-23(32-15-28(2,3)36)13-26(33-34(24)27)37-19-7-9-21(29)22(30)12-19/h6-10,12-14,17,32,36H,4-5,11,15H2,1-3H3. The van der Waals surface area contributed by atoms with Crippen LogP contribution in [0.2, 0.25) is 0 Å². The van der Waals surface area contributed by atoms with Crippen molar-refractivity contribution in [2.75, 3.05) is 11.9 Å². The van der Waals surface area contributed by atoms with Gasteiger partial charge < -0.3 is 15.2 Å². The first kappa shape index (κ1) is 24.8. The number of imidazole rings is 1. The van der Waals surface area contributed by atoms with Crippen molar-refractivity contribution in [3.05, 3.63) is 71.4 Å². The summed E-state index contributed by atoms with van der Waals surface area (Å²) in [6.07, 6.45) is 4.49. The van der Waals surface area contributed by atoms with Gasteiger partial charge in [-0.2, -0.15) is 0 Å². The largest absolute Gasteiger partial charge is 0.437 e. The van der Waals surface area contributed by atoms with Crippen LogP contribution in [0.1, 0.15) is 49.0 Å². The lowest BCUT2D eigenvalue weighted by Gasteiger charge is -2.19. The summed E-state index contributed by atoms with van der Waals surface area (Å²) in [4.78, 5) is 17.2. The lowest BCUT2D eigenvalue weighted by Crippen LogP contribution is -2.29. The average Bonchev–Trinajstić information content (AvgIpc) is 3.54. The van der Waals surface area contributed by atoms with Crippen molar-refractivity contribution in [3.8, 4) is 22.9 Å². The highest BCUT2D eigenvalue weighted by Gasteiger charge is 2.26. The molecule has 2 aromatic heterocycles. The van der Waals surface area contributed by atoms with E-state index in [9.17, 15) is 18.7 Å². The number of fused-ring (bicyclic) bond motifs is 1. The maximum atomic E-state index is 13.7. The number of hydrogen-bond donors (Lipinski definition) is 2. The van der Waals surface area contributed by atoms with Gasteiger partial charge in [0.05, 0.1) is 23.2 Å². The monoisotopic (exact) mass is 506 g/mol. The fourth-order valence-corrected chi connectivity index (χ4v) is 4.13. The van der Waals surface area contributed by atoms with Crippen LogP contribution in [0.25, 0.3) is 16.9 Å². The second kappa shape index (κ2) is 9.55. The fourth-order valence-electron chi connectivity index (χ4n) is 4.13. The molecular formula is C28H28F2N4O3. The molecule has 2 heterocycles. The molecule has 2 aromatic carbocycles. The molecule has 1 fully saturated rings. The minimum absolute atomic E-state index is 0.0789. The summed E-state index contributed by atoms with van der Waals surface area (Å²) in [5.74, 6) is -1.15. The van der Waals surface area contributed by atoms with E-state index < -0.39 is 17.2 Å². The molecule has 1 saturated carbocycles. The highest BCUT2D eigenvalue weighted by Crippen LogP contribution is 2.35. The highest BCUT2D eigenvalue weighted by atomic mass is 19.2. The number of hydrogen-bond acceptors (Lipinski definition) is 6.